The van der Waals surface area contributed by atoms with E-state index in [0.717, 1.165) is 28.4 Å². The lowest BCUT2D eigenvalue weighted by molar-refractivity contribution is 0.102. The van der Waals surface area contributed by atoms with Gasteiger partial charge >= 0.3 is 0 Å². The predicted octanol–water partition coefficient (Wildman–Crippen LogP) is 4.78. The number of nitrogens with zero attached hydrogens (tertiary/aromatic N) is 1. The summed E-state index contributed by atoms with van der Waals surface area (Å²) in [5, 5.41) is 6.15. The maximum absolute atomic E-state index is 12.5. The average Bonchev–Trinajstić information content (AvgIpc) is 2.64. The third-order valence-electron chi connectivity index (χ3n) is 3.73. The number of hydrogen-bond acceptors (Lipinski definition) is 4. The lowest BCUT2D eigenvalue weighted by Crippen LogP contribution is -2.13. The number of pyridine rings is 1. The topological polar surface area (TPSA) is 63.2 Å². The predicted molar refractivity (Wildman–Crippen MR) is 104 cm³/mol. The Morgan fingerprint density at radius 1 is 1.04 bits per heavy atom. The fraction of sp³-hybridized carbons (Fsp3) is 0.143. The Balaban J connectivity index is 1.77. The van der Waals surface area contributed by atoms with Gasteiger partial charge in [-0.1, -0.05) is 24.3 Å². The minimum absolute atomic E-state index is 0.252. The molecule has 3 rings (SSSR count). The molecule has 0 aliphatic rings. The summed E-state index contributed by atoms with van der Waals surface area (Å²) in [6.07, 6.45) is 1.61. The van der Waals surface area contributed by atoms with Crippen molar-refractivity contribution in [2.24, 2.45) is 0 Å². The standard InChI is InChI=1S/C21H21N3O2/c1-3-26-20-10-5-4-9-18(20)23-17-11-12-22-19(14-17)21(25)24-16-8-6-7-15(2)13-16/h4-14H,3H2,1-2H3,(H,22,23)(H,24,25). The van der Waals surface area contributed by atoms with Crippen molar-refractivity contribution in [3.8, 4) is 5.75 Å². The number of ether oxygens (including phenoxy) is 1. The zero-order valence-electron chi connectivity index (χ0n) is 14.8. The number of anilines is 3. The summed E-state index contributed by atoms with van der Waals surface area (Å²) in [6.45, 7) is 4.50. The first kappa shape index (κ1) is 17.5. The number of rotatable bonds is 6. The van der Waals surface area contributed by atoms with Gasteiger partial charge in [-0.2, -0.15) is 0 Å². The first-order valence-corrected chi connectivity index (χ1v) is 8.48. The molecule has 2 aromatic carbocycles. The second-order valence-electron chi connectivity index (χ2n) is 5.81. The van der Waals surface area contributed by atoms with Gasteiger partial charge in [0.05, 0.1) is 12.3 Å². The fourth-order valence-electron chi connectivity index (χ4n) is 2.56. The Hall–Kier alpha value is -3.34. The number of carbonyl (C=O) groups is 1. The highest BCUT2D eigenvalue weighted by atomic mass is 16.5. The molecule has 5 nitrogen and oxygen atoms in total. The molecule has 2 N–H and O–H groups in total. The van der Waals surface area contributed by atoms with Crippen LogP contribution >= 0.6 is 0 Å². The molecule has 1 heterocycles. The summed E-state index contributed by atoms with van der Waals surface area (Å²) in [5.74, 6) is 0.509. The fourth-order valence-corrected chi connectivity index (χ4v) is 2.56. The molecule has 3 aromatic rings. The van der Waals surface area contributed by atoms with E-state index in [1.54, 1.807) is 12.3 Å². The molecule has 0 atom stereocenters. The number of amides is 1. The van der Waals surface area contributed by atoms with Crippen molar-refractivity contribution in [2.45, 2.75) is 13.8 Å². The smallest absolute Gasteiger partial charge is 0.274 e. The normalized spacial score (nSPS) is 10.2. The van der Waals surface area contributed by atoms with Gasteiger partial charge in [0.25, 0.3) is 5.91 Å². The van der Waals surface area contributed by atoms with Crippen LogP contribution in [0.3, 0.4) is 0 Å². The van der Waals surface area contributed by atoms with Crippen LogP contribution in [0, 0.1) is 6.92 Å². The quantitative estimate of drug-likeness (QED) is 0.673. The first-order valence-electron chi connectivity index (χ1n) is 8.48. The Bertz CT molecular complexity index is 909. The highest BCUT2D eigenvalue weighted by molar-refractivity contribution is 6.03. The van der Waals surface area contributed by atoms with E-state index in [2.05, 4.69) is 15.6 Å². The second-order valence-corrected chi connectivity index (χ2v) is 5.81. The van der Waals surface area contributed by atoms with Gasteiger partial charge in [0.15, 0.2) is 0 Å². The summed E-state index contributed by atoms with van der Waals surface area (Å²) in [4.78, 5) is 16.6. The zero-order chi connectivity index (χ0) is 18.4. The molecule has 26 heavy (non-hydrogen) atoms. The molecule has 0 spiro atoms. The number of aromatic nitrogens is 1. The van der Waals surface area contributed by atoms with Crippen molar-refractivity contribution in [3.05, 3.63) is 78.1 Å². The molecule has 0 radical (unpaired) electrons. The van der Waals surface area contributed by atoms with Crippen LogP contribution in [0.4, 0.5) is 17.1 Å². The van der Waals surface area contributed by atoms with E-state index in [0.29, 0.717) is 12.3 Å². The van der Waals surface area contributed by atoms with Crippen molar-refractivity contribution in [1.82, 2.24) is 4.98 Å². The SMILES string of the molecule is CCOc1ccccc1Nc1ccnc(C(=O)Nc2cccc(C)c2)c1. The van der Waals surface area contributed by atoms with E-state index in [1.165, 1.54) is 0 Å². The molecule has 0 aliphatic carbocycles. The zero-order valence-corrected chi connectivity index (χ0v) is 14.8. The van der Waals surface area contributed by atoms with Crippen LogP contribution in [-0.4, -0.2) is 17.5 Å². The van der Waals surface area contributed by atoms with Gasteiger partial charge in [0, 0.05) is 17.6 Å². The Labute approximate surface area is 153 Å². The molecule has 0 bridgehead atoms. The van der Waals surface area contributed by atoms with Gasteiger partial charge in [-0.05, 0) is 55.8 Å². The van der Waals surface area contributed by atoms with Gasteiger partial charge in [0.2, 0.25) is 0 Å². The minimum Gasteiger partial charge on any atom is -0.492 e. The molecular formula is C21H21N3O2. The monoisotopic (exact) mass is 347 g/mol. The summed E-state index contributed by atoms with van der Waals surface area (Å²) < 4.78 is 5.62. The first-order chi connectivity index (χ1) is 12.7. The van der Waals surface area contributed by atoms with Crippen LogP contribution in [0.25, 0.3) is 0 Å². The van der Waals surface area contributed by atoms with Gasteiger partial charge in [-0.3, -0.25) is 9.78 Å². The van der Waals surface area contributed by atoms with Crippen molar-refractivity contribution >= 4 is 23.0 Å². The molecule has 0 fully saturated rings. The molecule has 0 saturated carbocycles. The van der Waals surface area contributed by atoms with E-state index in [-0.39, 0.29) is 5.91 Å². The average molecular weight is 347 g/mol. The van der Waals surface area contributed by atoms with Gasteiger partial charge in [-0.25, -0.2) is 0 Å². The molecule has 1 aromatic heterocycles. The molecule has 0 saturated heterocycles. The van der Waals surface area contributed by atoms with E-state index >= 15 is 0 Å². The largest absolute Gasteiger partial charge is 0.492 e. The van der Waals surface area contributed by atoms with E-state index in [1.807, 2.05) is 68.4 Å². The lowest BCUT2D eigenvalue weighted by Gasteiger charge is -2.13. The van der Waals surface area contributed by atoms with Crippen molar-refractivity contribution < 1.29 is 9.53 Å². The van der Waals surface area contributed by atoms with Gasteiger partial charge in [0.1, 0.15) is 11.4 Å². The third-order valence-corrected chi connectivity index (χ3v) is 3.73. The number of aryl methyl sites for hydroxylation is 1. The number of carbonyl (C=O) groups excluding carboxylic acids is 1. The molecular weight excluding hydrogens is 326 g/mol. The van der Waals surface area contributed by atoms with Crippen LogP contribution in [0.15, 0.2) is 66.9 Å². The van der Waals surface area contributed by atoms with Crippen LogP contribution in [0.1, 0.15) is 23.0 Å². The Morgan fingerprint density at radius 2 is 1.88 bits per heavy atom. The minimum atomic E-state index is -0.252. The van der Waals surface area contributed by atoms with E-state index in [9.17, 15) is 4.79 Å². The lowest BCUT2D eigenvalue weighted by atomic mass is 10.2. The van der Waals surface area contributed by atoms with Crippen molar-refractivity contribution in [2.75, 3.05) is 17.2 Å². The van der Waals surface area contributed by atoms with Crippen molar-refractivity contribution in [3.63, 3.8) is 0 Å². The molecule has 0 aliphatic heterocycles. The highest BCUT2D eigenvalue weighted by Gasteiger charge is 2.10. The van der Waals surface area contributed by atoms with Crippen molar-refractivity contribution in [1.29, 1.82) is 0 Å². The van der Waals surface area contributed by atoms with Gasteiger partial charge in [-0.15, -0.1) is 0 Å². The molecule has 132 valence electrons. The second kappa shape index (κ2) is 8.16. The number of para-hydroxylation sites is 2. The maximum Gasteiger partial charge on any atom is 0.274 e. The number of nitrogens with one attached hydrogen (secondary N) is 2. The molecule has 1 amide bonds. The van der Waals surface area contributed by atoms with Crippen LogP contribution in [0.2, 0.25) is 0 Å². The third kappa shape index (κ3) is 4.39. The summed E-state index contributed by atoms with van der Waals surface area (Å²) >= 11 is 0. The summed E-state index contributed by atoms with van der Waals surface area (Å²) in [6, 6.07) is 18.9. The Morgan fingerprint density at radius 3 is 2.69 bits per heavy atom. The number of benzene rings is 2. The summed E-state index contributed by atoms with van der Waals surface area (Å²) in [7, 11) is 0. The number of hydrogen-bond donors (Lipinski definition) is 2. The van der Waals surface area contributed by atoms with Crippen LogP contribution < -0.4 is 15.4 Å². The van der Waals surface area contributed by atoms with Crippen LogP contribution in [0.5, 0.6) is 5.75 Å². The molecule has 5 heteroatoms. The summed E-state index contributed by atoms with van der Waals surface area (Å²) in [5.41, 5.74) is 3.77. The Kier molecular flexibility index (Phi) is 5.49. The maximum atomic E-state index is 12.5. The van der Waals surface area contributed by atoms with E-state index < -0.39 is 0 Å². The van der Waals surface area contributed by atoms with E-state index in [4.69, 9.17) is 4.74 Å². The molecule has 0 unspecified atom stereocenters. The van der Waals surface area contributed by atoms with Gasteiger partial charge < -0.3 is 15.4 Å². The highest BCUT2D eigenvalue weighted by Crippen LogP contribution is 2.27. The van der Waals surface area contributed by atoms with Crippen LogP contribution in [-0.2, 0) is 0 Å².